The number of piperazine rings is 1. The van der Waals surface area contributed by atoms with Crippen molar-refractivity contribution >= 4 is 33.6 Å². The lowest BCUT2D eigenvalue weighted by Crippen LogP contribution is -2.50. The average molecular weight is 458 g/mol. The first-order valence-corrected chi connectivity index (χ1v) is 11.6. The number of amidine groups is 1. The topological polar surface area (TPSA) is 121 Å². The van der Waals surface area contributed by atoms with Crippen molar-refractivity contribution in [3.63, 3.8) is 0 Å². The summed E-state index contributed by atoms with van der Waals surface area (Å²) in [4.78, 5) is 37.1. The fourth-order valence-corrected chi connectivity index (χ4v) is 4.79. The van der Waals surface area contributed by atoms with Crippen molar-refractivity contribution in [2.75, 3.05) is 37.7 Å². The van der Waals surface area contributed by atoms with Crippen LogP contribution in [0.2, 0.25) is 0 Å². The number of carbonyl (C=O) groups is 2. The Morgan fingerprint density at radius 3 is 2.56 bits per heavy atom. The Hall–Kier alpha value is -3.47. The molecular weight excluding hydrogens is 434 g/mol. The SMILES string of the molecule is C[C@H](N=C1NS(=O)(=O)c2ccccc21)C(=O)OCC(=O)N1CCN(c2ccccn2)CC1. The molecule has 2 aromatic rings. The number of aromatic nitrogens is 1. The van der Waals surface area contributed by atoms with E-state index >= 15 is 0 Å². The molecule has 1 fully saturated rings. The number of nitrogens with zero attached hydrogens (tertiary/aromatic N) is 4. The van der Waals surface area contributed by atoms with Gasteiger partial charge in [0.15, 0.2) is 6.61 Å². The second kappa shape index (κ2) is 8.95. The third kappa shape index (κ3) is 4.57. The van der Waals surface area contributed by atoms with E-state index in [2.05, 4.69) is 19.6 Å². The number of nitrogens with one attached hydrogen (secondary N) is 1. The molecule has 1 aromatic heterocycles. The summed E-state index contributed by atoms with van der Waals surface area (Å²) in [6.07, 6.45) is 1.73. The van der Waals surface area contributed by atoms with Crippen LogP contribution >= 0.6 is 0 Å². The first-order valence-electron chi connectivity index (χ1n) is 10.2. The van der Waals surface area contributed by atoms with E-state index in [1.54, 1.807) is 29.3 Å². The van der Waals surface area contributed by atoms with E-state index in [1.165, 1.54) is 13.0 Å². The Balaban J connectivity index is 1.30. The van der Waals surface area contributed by atoms with E-state index in [9.17, 15) is 18.0 Å². The minimum atomic E-state index is -3.69. The molecular formula is C21H23N5O5S. The lowest BCUT2D eigenvalue weighted by molar-refractivity contribution is -0.152. The predicted octanol–water partition coefficient (Wildman–Crippen LogP) is 0.401. The van der Waals surface area contributed by atoms with Crippen LogP contribution in [0.3, 0.4) is 0 Å². The number of esters is 1. The summed E-state index contributed by atoms with van der Waals surface area (Å²) in [5.74, 6) is -0.0440. The molecule has 32 heavy (non-hydrogen) atoms. The quantitative estimate of drug-likeness (QED) is 0.645. The van der Waals surface area contributed by atoms with E-state index in [0.717, 1.165) is 5.82 Å². The van der Waals surface area contributed by atoms with Crippen molar-refractivity contribution in [3.8, 4) is 0 Å². The second-order valence-corrected chi connectivity index (χ2v) is 9.07. The number of hydrogen-bond donors (Lipinski definition) is 1. The number of sulfonamides is 1. The first-order chi connectivity index (χ1) is 15.3. The van der Waals surface area contributed by atoms with Crippen LogP contribution in [0.4, 0.5) is 5.82 Å². The summed E-state index contributed by atoms with van der Waals surface area (Å²) in [6.45, 7) is 3.38. The average Bonchev–Trinajstić information content (AvgIpc) is 3.07. The molecule has 0 bridgehead atoms. The Morgan fingerprint density at radius 1 is 1.12 bits per heavy atom. The van der Waals surface area contributed by atoms with Gasteiger partial charge in [-0.25, -0.2) is 18.2 Å². The fourth-order valence-electron chi connectivity index (χ4n) is 3.55. The number of anilines is 1. The van der Waals surface area contributed by atoms with Gasteiger partial charge in [0.1, 0.15) is 17.7 Å². The zero-order valence-corrected chi connectivity index (χ0v) is 18.3. The number of hydrogen-bond acceptors (Lipinski definition) is 8. The third-order valence-corrected chi connectivity index (χ3v) is 6.67. The van der Waals surface area contributed by atoms with Gasteiger partial charge in [-0.1, -0.05) is 18.2 Å². The summed E-state index contributed by atoms with van der Waals surface area (Å²) in [5.41, 5.74) is 0.397. The monoisotopic (exact) mass is 457 g/mol. The van der Waals surface area contributed by atoms with Crippen LogP contribution in [-0.4, -0.2) is 74.8 Å². The minimum absolute atomic E-state index is 0.0852. The second-order valence-electron chi connectivity index (χ2n) is 7.42. The molecule has 0 saturated carbocycles. The molecule has 10 nitrogen and oxygen atoms in total. The van der Waals surface area contributed by atoms with E-state index in [4.69, 9.17) is 4.74 Å². The Kier molecular flexibility index (Phi) is 6.08. The lowest BCUT2D eigenvalue weighted by atomic mass is 10.2. The summed E-state index contributed by atoms with van der Waals surface area (Å²) < 4.78 is 31.8. The van der Waals surface area contributed by atoms with Gasteiger partial charge in [0.05, 0.1) is 4.90 Å². The molecule has 1 N–H and O–H groups in total. The van der Waals surface area contributed by atoms with Crippen molar-refractivity contribution < 1.29 is 22.7 Å². The van der Waals surface area contributed by atoms with E-state index in [1.807, 2.05) is 18.2 Å². The molecule has 0 radical (unpaired) electrons. The highest BCUT2D eigenvalue weighted by Gasteiger charge is 2.31. The van der Waals surface area contributed by atoms with E-state index in [0.29, 0.717) is 31.7 Å². The highest BCUT2D eigenvalue weighted by atomic mass is 32.2. The van der Waals surface area contributed by atoms with Gasteiger partial charge < -0.3 is 14.5 Å². The van der Waals surface area contributed by atoms with Crippen LogP contribution in [0.1, 0.15) is 12.5 Å². The molecule has 3 heterocycles. The van der Waals surface area contributed by atoms with Gasteiger partial charge in [-0.2, -0.15) is 0 Å². The van der Waals surface area contributed by atoms with Crippen molar-refractivity contribution in [3.05, 3.63) is 54.2 Å². The molecule has 1 aromatic carbocycles. The maximum absolute atomic E-state index is 12.4. The number of pyridine rings is 1. The van der Waals surface area contributed by atoms with Gasteiger partial charge in [0.25, 0.3) is 15.9 Å². The molecule has 2 aliphatic heterocycles. The minimum Gasteiger partial charge on any atom is -0.454 e. The van der Waals surface area contributed by atoms with Crippen molar-refractivity contribution in [1.29, 1.82) is 0 Å². The number of amides is 1. The standard InChI is InChI=1S/C21H23N5O5S/c1-15(23-20-16-6-2-3-7-17(16)32(29,30)24-20)21(28)31-14-19(27)26-12-10-25(11-13-26)18-8-4-5-9-22-18/h2-9,15H,10-14H2,1H3,(H,23,24)/t15-/m0/s1. The molecule has 1 saturated heterocycles. The largest absolute Gasteiger partial charge is 0.454 e. The van der Waals surface area contributed by atoms with Gasteiger partial charge in [0, 0.05) is 37.9 Å². The number of rotatable bonds is 5. The number of aliphatic imine (C=N–C) groups is 1. The maximum atomic E-state index is 12.4. The molecule has 0 unspecified atom stereocenters. The Bertz CT molecular complexity index is 1140. The normalized spacial score (nSPS) is 19.2. The number of benzene rings is 1. The summed E-state index contributed by atoms with van der Waals surface area (Å²) in [5, 5.41) is 0. The van der Waals surface area contributed by atoms with Gasteiger partial charge in [0.2, 0.25) is 0 Å². The van der Waals surface area contributed by atoms with Gasteiger partial charge >= 0.3 is 5.97 Å². The highest BCUT2D eigenvalue weighted by Crippen LogP contribution is 2.22. The molecule has 2 aliphatic rings. The van der Waals surface area contributed by atoms with Crippen LogP contribution in [-0.2, 0) is 24.3 Å². The molecule has 168 valence electrons. The fraction of sp³-hybridized carbons (Fsp3) is 0.333. The highest BCUT2D eigenvalue weighted by molar-refractivity contribution is 7.90. The van der Waals surface area contributed by atoms with Crippen LogP contribution in [0.15, 0.2) is 58.5 Å². The molecule has 1 atom stereocenters. The molecule has 11 heteroatoms. The summed E-state index contributed by atoms with van der Waals surface area (Å²) in [7, 11) is -3.69. The van der Waals surface area contributed by atoms with Gasteiger partial charge in [-0.15, -0.1) is 0 Å². The maximum Gasteiger partial charge on any atom is 0.331 e. The first kappa shape index (κ1) is 21.8. The van der Waals surface area contributed by atoms with Crippen molar-refractivity contribution in [2.24, 2.45) is 4.99 Å². The number of carbonyl (C=O) groups excluding carboxylic acids is 2. The van der Waals surface area contributed by atoms with E-state index in [-0.39, 0.29) is 23.2 Å². The molecule has 0 spiro atoms. The lowest BCUT2D eigenvalue weighted by Gasteiger charge is -2.35. The zero-order chi connectivity index (χ0) is 22.7. The Labute approximate surface area is 186 Å². The van der Waals surface area contributed by atoms with Crippen molar-refractivity contribution in [1.82, 2.24) is 14.6 Å². The van der Waals surface area contributed by atoms with Crippen LogP contribution in [0, 0.1) is 0 Å². The van der Waals surface area contributed by atoms with E-state index < -0.39 is 22.0 Å². The Morgan fingerprint density at radius 2 is 1.84 bits per heavy atom. The summed E-state index contributed by atoms with van der Waals surface area (Å²) in [6, 6.07) is 11.1. The van der Waals surface area contributed by atoms with Crippen LogP contribution in [0.5, 0.6) is 0 Å². The van der Waals surface area contributed by atoms with Crippen LogP contribution in [0.25, 0.3) is 0 Å². The smallest absolute Gasteiger partial charge is 0.331 e. The predicted molar refractivity (Wildman–Crippen MR) is 117 cm³/mol. The van der Waals surface area contributed by atoms with Gasteiger partial charge in [-0.3, -0.25) is 14.5 Å². The van der Waals surface area contributed by atoms with Crippen molar-refractivity contribution in [2.45, 2.75) is 17.9 Å². The third-order valence-electron chi connectivity index (χ3n) is 5.27. The molecule has 4 rings (SSSR count). The number of fused-ring (bicyclic) bond motifs is 1. The molecule has 0 aliphatic carbocycles. The number of ether oxygens (including phenoxy) is 1. The molecule has 1 amide bonds. The summed E-state index contributed by atoms with van der Waals surface area (Å²) >= 11 is 0. The van der Waals surface area contributed by atoms with Crippen LogP contribution < -0.4 is 9.62 Å². The van der Waals surface area contributed by atoms with Gasteiger partial charge in [-0.05, 0) is 31.2 Å². The zero-order valence-electron chi connectivity index (χ0n) is 17.5.